The van der Waals surface area contributed by atoms with Crippen molar-refractivity contribution in [2.75, 3.05) is 0 Å². The largest absolute Gasteiger partial charge is 0.488 e. The highest BCUT2D eigenvalue weighted by Gasteiger charge is 2.12. The first-order valence-electron chi connectivity index (χ1n) is 6.16. The molecule has 1 N–H and O–H groups in total. The Labute approximate surface area is 127 Å². The van der Waals surface area contributed by atoms with E-state index in [1.807, 2.05) is 13.0 Å². The number of rotatable bonds is 4. The summed E-state index contributed by atoms with van der Waals surface area (Å²) in [4.78, 5) is 11.2. The van der Waals surface area contributed by atoms with E-state index in [9.17, 15) is 4.79 Å². The van der Waals surface area contributed by atoms with Gasteiger partial charge >= 0.3 is 5.97 Å². The molecule has 0 aliphatic rings. The molecule has 0 aliphatic carbocycles. The molecule has 0 saturated heterocycles. The van der Waals surface area contributed by atoms with Gasteiger partial charge in [-0.05, 0) is 36.8 Å². The summed E-state index contributed by atoms with van der Waals surface area (Å²) in [6, 6.07) is 11.8. The number of carbonyl (C=O) groups is 1. The molecule has 0 unspecified atom stereocenters. The summed E-state index contributed by atoms with van der Waals surface area (Å²) in [5.41, 5.74) is 2.16. The van der Waals surface area contributed by atoms with Gasteiger partial charge in [0.15, 0.2) is 0 Å². The standard InChI is InChI=1S/C16H12ClNO3/c1-10-2-5-13(16(19)20)15(6-10)21-9-12-4-3-11(8-18)7-14(12)17/h2-7H,9H2,1H3,(H,19,20). The number of aryl methyl sites for hydroxylation is 1. The van der Waals surface area contributed by atoms with Crippen molar-refractivity contribution in [2.24, 2.45) is 0 Å². The first kappa shape index (κ1) is 14.9. The van der Waals surface area contributed by atoms with Gasteiger partial charge in [-0.25, -0.2) is 4.79 Å². The fraction of sp³-hybridized carbons (Fsp3) is 0.125. The van der Waals surface area contributed by atoms with Crippen LogP contribution in [0.3, 0.4) is 0 Å². The van der Waals surface area contributed by atoms with E-state index in [2.05, 4.69) is 0 Å². The zero-order valence-electron chi connectivity index (χ0n) is 11.3. The van der Waals surface area contributed by atoms with Crippen LogP contribution in [0, 0.1) is 18.3 Å². The summed E-state index contributed by atoms with van der Waals surface area (Å²) in [6.07, 6.45) is 0. The van der Waals surface area contributed by atoms with Crippen LogP contribution < -0.4 is 4.74 Å². The van der Waals surface area contributed by atoms with Crippen LogP contribution in [0.4, 0.5) is 0 Å². The van der Waals surface area contributed by atoms with E-state index in [0.29, 0.717) is 21.9 Å². The molecular weight excluding hydrogens is 290 g/mol. The lowest BCUT2D eigenvalue weighted by atomic mass is 10.1. The molecule has 2 aromatic carbocycles. The predicted molar refractivity (Wildman–Crippen MR) is 78.6 cm³/mol. The van der Waals surface area contributed by atoms with Gasteiger partial charge in [-0.1, -0.05) is 23.7 Å². The third-order valence-electron chi connectivity index (χ3n) is 2.93. The van der Waals surface area contributed by atoms with Crippen molar-refractivity contribution in [3.8, 4) is 11.8 Å². The summed E-state index contributed by atoms with van der Waals surface area (Å²) in [6.45, 7) is 1.99. The highest BCUT2D eigenvalue weighted by molar-refractivity contribution is 6.31. The van der Waals surface area contributed by atoms with Crippen LogP contribution in [-0.4, -0.2) is 11.1 Å². The fourth-order valence-electron chi connectivity index (χ4n) is 1.82. The van der Waals surface area contributed by atoms with E-state index in [-0.39, 0.29) is 12.2 Å². The molecule has 2 rings (SSSR count). The molecule has 0 fully saturated rings. The molecule has 0 aliphatic heterocycles. The Morgan fingerprint density at radius 1 is 1.33 bits per heavy atom. The maximum Gasteiger partial charge on any atom is 0.339 e. The molecule has 21 heavy (non-hydrogen) atoms. The Kier molecular flexibility index (Phi) is 4.46. The van der Waals surface area contributed by atoms with E-state index >= 15 is 0 Å². The lowest BCUT2D eigenvalue weighted by Gasteiger charge is -2.11. The van der Waals surface area contributed by atoms with E-state index in [1.165, 1.54) is 6.07 Å². The number of nitriles is 1. The minimum Gasteiger partial charge on any atom is -0.488 e. The van der Waals surface area contributed by atoms with Crippen LogP contribution in [0.25, 0.3) is 0 Å². The number of nitrogens with zero attached hydrogens (tertiary/aromatic N) is 1. The van der Waals surface area contributed by atoms with E-state index < -0.39 is 5.97 Å². The van der Waals surface area contributed by atoms with Crippen LogP contribution in [0.15, 0.2) is 36.4 Å². The smallest absolute Gasteiger partial charge is 0.339 e. The first-order valence-corrected chi connectivity index (χ1v) is 6.54. The van der Waals surface area contributed by atoms with E-state index in [4.69, 9.17) is 26.7 Å². The molecule has 0 atom stereocenters. The highest BCUT2D eigenvalue weighted by Crippen LogP contribution is 2.24. The van der Waals surface area contributed by atoms with Gasteiger partial charge in [0.25, 0.3) is 0 Å². The Hall–Kier alpha value is -2.51. The molecule has 0 spiro atoms. The zero-order chi connectivity index (χ0) is 15.4. The molecule has 0 aromatic heterocycles. The lowest BCUT2D eigenvalue weighted by Crippen LogP contribution is -2.04. The fourth-order valence-corrected chi connectivity index (χ4v) is 2.05. The Morgan fingerprint density at radius 2 is 2.10 bits per heavy atom. The summed E-state index contributed by atoms with van der Waals surface area (Å²) in [5.74, 6) is -0.751. The number of hydrogen-bond acceptors (Lipinski definition) is 3. The van der Waals surface area contributed by atoms with Crippen molar-refractivity contribution in [1.29, 1.82) is 5.26 Å². The van der Waals surface area contributed by atoms with Crippen molar-refractivity contribution in [2.45, 2.75) is 13.5 Å². The zero-order valence-corrected chi connectivity index (χ0v) is 12.0. The average molecular weight is 302 g/mol. The Balaban J connectivity index is 2.22. The quantitative estimate of drug-likeness (QED) is 0.932. The number of carboxylic acids is 1. The first-order chi connectivity index (χ1) is 10.0. The van der Waals surface area contributed by atoms with Gasteiger partial charge in [0.2, 0.25) is 0 Å². The van der Waals surface area contributed by atoms with Crippen LogP contribution in [0.5, 0.6) is 5.75 Å². The van der Waals surface area contributed by atoms with Gasteiger partial charge in [0.05, 0.1) is 11.6 Å². The monoisotopic (exact) mass is 301 g/mol. The lowest BCUT2D eigenvalue weighted by molar-refractivity contribution is 0.0692. The van der Waals surface area contributed by atoms with E-state index in [0.717, 1.165) is 5.56 Å². The molecule has 0 saturated carbocycles. The van der Waals surface area contributed by atoms with Gasteiger partial charge in [0.1, 0.15) is 17.9 Å². The normalized spacial score (nSPS) is 9.95. The molecule has 0 bridgehead atoms. The second kappa shape index (κ2) is 6.29. The van der Waals surface area contributed by atoms with Gasteiger partial charge < -0.3 is 9.84 Å². The molecule has 0 amide bonds. The molecule has 0 radical (unpaired) electrons. The van der Waals surface area contributed by atoms with Crippen molar-refractivity contribution in [3.05, 3.63) is 63.7 Å². The van der Waals surface area contributed by atoms with Gasteiger partial charge in [-0.15, -0.1) is 0 Å². The molecule has 106 valence electrons. The molecule has 4 nitrogen and oxygen atoms in total. The van der Waals surface area contributed by atoms with Crippen LogP contribution in [0.1, 0.15) is 27.0 Å². The number of halogens is 1. The van der Waals surface area contributed by atoms with E-state index in [1.54, 1.807) is 30.3 Å². The molecule has 2 aromatic rings. The Morgan fingerprint density at radius 3 is 2.71 bits per heavy atom. The topological polar surface area (TPSA) is 70.3 Å². The maximum absolute atomic E-state index is 11.2. The van der Waals surface area contributed by atoms with Gasteiger partial charge in [-0.3, -0.25) is 0 Å². The summed E-state index contributed by atoms with van der Waals surface area (Å²) < 4.78 is 5.57. The van der Waals surface area contributed by atoms with Crippen molar-refractivity contribution < 1.29 is 14.6 Å². The summed E-state index contributed by atoms with van der Waals surface area (Å²) in [7, 11) is 0. The molecule has 5 heteroatoms. The molecule has 0 heterocycles. The summed E-state index contributed by atoms with van der Waals surface area (Å²) >= 11 is 6.06. The third kappa shape index (κ3) is 3.53. The average Bonchev–Trinajstić information content (AvgIpc) is 2.45. The SMILES string of the molecule is Cc1ccc(C(=O)O)c(OCc2ccc(C#N)cc2Cl)c1. The minimum atomic E-state index is -1.05. The number of hydrogen-bond donors (Lipinski definition) is 1. The number of aromatic carboxylic acids is 1. The predicted octanol–water partition coefficient (Wildman–Crippen LogP) is 3.80. The Bertz CT molecular complexity index is 735. The third-order valence-corrected chi connectivity index (χ3v) is 3.28. The van der Waals surface area contributed by atoms with Crippen LogP contribution in [0.2, 0.25) is 5.02 Å². The number of benzene rings is 2. The second-order valence-electron chi connectivity index (χ2n) is 4.51. The number of carboxylic acid groups (broad SMARTS) is 1. The number of ether oxygens (including phenoxy) is 1. The van der Waals surface area contributed by atoms with Crippen molar-refractivity contribution >= 4 is 17.6 Å². The second-order valence-corrected chi connectivity index (χ2v) is 4.92. The van der Waals surface area contributed by atoms with Gasteiger partial charge in [-0.2, -0.15) is 5.26 Å². The van der Waals surface area contributed by atoms with Gasteiger partial charge in [0, 0.05) is 10.6 Å². The van der Waals surface area contributed by atoms with Crippen LogP contribution in [-0.2, 0) is 6.61 Å². The van der Waals surface area contributed by atoms with Crippen molar-refractivity contribution in [3.63, 3.8) is 0 Å². The summed E-state index contributed by atoms with van der Waals surface area (Å²) in [5, 5.41) is 18.3. The highest BCUT2D eigenvalue weighted by atomic mass is 35.5. The van der Waals surface area contributed by atoms with Crippen molar-refractivity contribution in [1.82, 2.24) is 0 Å². The minimum absolute atomic E-state index is 0.102. The maximum atomic E-state index is 11.2. The van der Waals surface area contributed by atoms with Crippen LogP contribution >= 0.6 is 11.6 Å². The molecular formula is C16H12ClNO3.